The van der Waals surface area contributed by atoms with Gasteiger partial charge in [-0.2, -0.15) is 0 Å². The fraction of sp³-hybridized carbons (Fsp3) is 0.400. The monoisotopic (exact) mass is 224 g/mol. The van der Waals surface area contributed by atoms with Gasteiger partial charge in [-0.3, -0.25) is 10.1 Å². The summed E-state index contributed by atoms with van der Waals surface area (Å²) in [5, 5.41) is 20.3. The minimum atomic E-state index is -0.852. The lowest BCUT2D eigenvalue weighted by atomic mass is 9.95. The molecule has 0 aliphatic carbocycles. The highest BCUT2D eigenvalue weighted by atomic mass is 16.6. The Morgan fingerprint density at radius 1 is 1.56 bits per heavy atom. The maximum atomic E-state index is 10.6. The smallest absolute Gasteiger partial charge is 0.270 e. The highest BCUT2D eigenvalue weighted by Gasteiger charge is 2.33. The first-order valence-corrected chi connectivity index (χ1v) is 4.89. The van der Waals surface area contributed by atoms with Crippen molar-refractivity contribution in [2.75, 3.05) is 0 Å². The molecule has 1 aromatic rings. The number of rotatable bonds is 1. The highest BCUT2D eigenvalue weighted by molar-refractivity contribution is 5.47. The van der Waals surface area contributed by atoms with Crippen LogP contribution in [0, 0.1) is 10.1 Å². The van der Waals surface area contributed by atoms with Crippen molar-refractivity contribution < 1.29 is 14.8 Å². The molecule has 1 heterocycles. The lowest BCUT2D eigenvalue weighted by molar-refractivity contribution is -0.385. The van der Waals surface area contributed by atoms with E-state index in [4.69, 9.17) is 10.5 Å². The largest absolute Gasteiger partial charge is 0.488 e. The van der Waals surface area contributed by atoms with Crippen molar-refractivity contribution in [2.45, 2.75) is 25.2 Å². The number of nitrogens with two attached hydrogens (primary N) is 1. The van der Waals surface area contributed by atoms with E-state index in [0.29, 0.717) is 11.3 Å². The molecule has 6 heteroatoms. The number of aliphatic hydroxyl groups is 1. The molecule has 16 heavy (non-hydrogen) atoms. The Labute approximate surface area is 91.8 Å². The number of hydrogen-bond acceptors (Lipinski definition) is 5. The molecule has 1 unspecified atom stereocenters. The van der Waals surface area contributed by atoms with Gasteiger partial charge in [-0.1, -0.05) is 0 Å². The van der Waals surface area contributed by atoms with E-state index in [1.807, 2.05) is 0 Å². The van der Waals surface area contributed by atoms with Crippen molar-refractivity contribution in [3.63, 3.8) is 0 Å². The van der Waals surface area contributed by atoms with Gasteiger partial charge in [0.05, 0.1) is 11.0 Å². The maximum Gasteiger partial charge on any atom is 0.270 e. The average molecular weight is 224 g/mol. The van der Waals surface area contributed by atoms with Crippen LogP contribution in [0.15, 0.2) is 18.2 Å². The molecule has 0 spiro atoms. The van der Waals surface area contributed by atoms with E-state index in [1.54, 1.807) is 6.92 Å². The van der Waals surface area contributed by atoms with E-state index < -0.39 is 23.2 Å². The van der Waals surface area contributed by atoms with Gasteiger partial charge in [-0.25, -0.2) is 0 Å². The summed E-state index contributed by atoms with van der Waals surface area (Å²) in [6, 6.07) is 3.56. The Hall–Kier alpha value is -1.66. The van der Waals surface area contributed by atoms with Crippen molar-refractivity contribution in [1.82, 2.24) is 0 Å². The molecule has 2 rings (SSSR count). The number of benzene rings is 1. The standard InChI is InChI=1S/C10H12N2O4/c1-5-10(13)9(11)7-4-6(12(14)15)2-3-8(7)16-5/h2-5,9-10,13H,11H2,1H3/t5-,9?,10-/m0/s1. The molecule has 6 nitrogen and oxygen atoms in total. The summed E-state index contributed by atoms with van der Waals surface area (Å²) in [5.74, 6) is 0.496. The molecule has 0 aromatic heterocycles. The molecule has 0 fully saturated rings. The van der Waals surface area contributed by atoms with Crippen LogP contribution in [0.5, 0.6) is 5.75 Å². The fourth-order valence-electron chi connectivity index (χ4n) is 1.76. The lowest BCUT2D eigenvalue weighted by Gasteiger charge is -2.32. The molecule has 0 amide bonds. The zero-order valence-corrected chi connectivity index (χ0v) is 8.66. The Morgan fingerprint density at radius 3 is 2.88 bits per heavy atom. The third-order valence-electron chi connectivity index (χ3n) is 2.73. The van der Waals surface area contributed by atoms with Crippen molar-refractivity contribution in [2.24, 2.45) is 5.73 Å². The van der Waals surface area contributed by atoms with Crippen molar-refractivity contribution in [3.8, 4) is 5.75 Å². The van der Waals surface area contributed by atoms with Gasteiger partial charge in [0.25, 0.3) is 5.69 Å². The first kappa shape index (κ1) is 10.8. The van der Waals surface area contributed by atoms with E-state index >= 15 is 0 Å². The van der Waals surface area contributed by atoms with Crippen LogP contribution >= 0.6 is 0 Å². The molecule has 3 N–H and O–H groups in total. The van der Waals surface area contributed by atoms with E-state index in [-0.39, 0.29) is 5.69 Å². The molecule has 3 atom stereocenters. The van der Waals surface area contributed by atoms with E-state index in [2.05, 4.69) is 0 Å². The third kappa shape index (κ3) is 1.62. The molecule has 0 saturated carbocycles. The average Bonchev–Trinajstić information content (AvgIpc) is 2.25. The van der Waals surface area contributed by atoms with Gasteiger partial charge in [0.2, 0.25) is 0 Å². The van der Waals surface area contributed by atoms with Crippen LogP contribution in [0.1, 0.15) is 18.5 Å². The summed E-state index contributed by atoms with van der Waals surface area (Å²) in [5.41, 5.74) is 6.21. The van der Waals surface area contributed by atoms with E-state index in [1.165, 1.54) is 18.2 Å². The maximum absolute atomic E-state index is 10.6. The topological polar surface area (TPSA) is 98.6 Å². The summed E-state index contributed by atoms with van der Waals surface area (Å²) < 4.78 is 5.40. The molecule has 1 aromatic carbocycles. The van der Waals surface area contributed by atoms with Crippen molar-refractivity contribution >= 4 is 5.69 Å². The summed E-state index contributed by atoms with van der Waals surface area (Å²) in [6.07, 6.45) is -1.27. The summed E-state index contributed by atoms with van der Waals surface area (Å²) in [7, 11) is 0. The minimum absolute atomic E-state index is 0.0560. The Kier molecular flexibility index (Phi) is 2.53. The second-order valence-corrected chi connectivity index (χ2v) is 3.82. The number of aliphatic hydroxyl groups excluding tert-OH is 1. The molecule has 1 aliphatic rings. The number of nitro benzene ring substituents is 1. The third-order valence-corrected chi connectivity index (χ3v) is 2.73. The number of ether oxygens (including phenoxy) is 1. The molecule has 86 valence electrons. The summed E-state index contributed by atoms with van der Waals surface area (Å²) in [6.45, 7) is 1.70. The number of hydrogen-bond donors (Lipinski definition) is 2. The van der Waals surface area contributed by atoms with Gasteiger partial charge in [-0.05, 0) is 13.0 Å². The van der Waals surface area contributed by atoms with Crippen LogP contribution in [0.2, 0.25) is 0 Å². The number of fused-ring (bicyclic) bond motifs is 1. The Morgan fingerprint density at radius 2 is 2.25 bits per heavy atom. The van der Waals surface area contributed by atoms with E-state index in [0.717, 1.165) is 0 Å². The summed E-state index contributed by atoms with van der Waals surface area (Å²) >= 11 is 0. The normalized spacial score (nSPS) is 28.1. The molecule has 0 radical (unpaired) electrons. The lowest BCUT2D eigenvalue weighted by Crippen LogP contribution is -2.42. The Balaban J connectivity index is 2.46. The number of nitrogens with zero attached hydrogens (tertiary/aromatic N) is 1. The second kappa shape index (κ2) is 3.73. The van der Waals surface area contributed by atoms with Crippen molar-refractivity contribution in [3.05, 3.63) is 33.9 Å². The first-order chi connectivity index (χ1) is 7.50. The zero-order valence-electron chi connectivity index (χ0n) is 8.66. The van der Waals surface area contributed by atoms with Gasteiger partial charge < -0.3 is 15.6 Å². The SMILES string of the molecule is C[C@@H]1Oc2ccc([N+](=O)[O-])cc2C(N)[C@H]1O. The molecule has 0 saturated heterocycles. The van der Waals surface area contributed by atoms with Gasteiger partial charge in [0.1, 0.15) is 18.0 Å². The molecular weight excluding hydrogens is 212 g/mol. The van der Waals surface area contributed by atoms with Gasteiger partial charge in [-0.15, -0.1) is 0 Å². The van der Waals surface area contributed by atoms with Crippen molar-refractivity contribution in [1.29, 1.82) is 0 Å². The number of nitro groups is 1. The molecule has 0 bridgehead atoms. The van der Waals surface area contributed by atoms with Crippen LogP contribution in [0.3, 0.4) is 0 Å². The predicted octanol–water partition coefficient (Wildman–Crippen LogP) is 0.736. The fourth-order valence-corrected chi connectivity index (χ4v) is 1.76. The van der Waals surface area contributed by atoms with Gasteiger partial charge >= 0.3 is 0 Å². The summed E-state index contributed by atoms with van der Waals surface area (Å²) in [4.78, 5) is 10.1. The van der Waals surface area contributed by atoms with Crippen LogP contribution in [-0.4, -0.2) is 22.2 Å². The quantitative estimate of drug-likeness (QED) is 0.541. The van der Waals surface area contributed by atoms with Gasteiger partial charge in [0.15, 0.2) is 0 Å². The van der Waals surface area contributed by atoms with Crippen LogP contribution in [0.25, 0.3) is 0 Å². The van der Waals surface area contributed by atoms with Gasteiger partial charge in [0, 0.05) is 17.7 Å². The Bertz CT molecular complexity index is 435. The predicted molar refractivity (Wildman–Crippen MR) is 56.1 cm³/mol. The van der Waals surface area contributed by atoms with Crippen LogP contribution in [-0.2, 0) is 0 Å². The molecular formula is C10H12N2O4. The minimum Gasteiger partial charge on any atom is -0.488 e. The van der Waals surface area contributed by atoms with Crippen LogP contribution in [0.4, 0.5) is 5.69 Å². The first-order valence-electron chi connectivity index (χ1n) is 4.89. The van der Waals surface area contributed by atoms with E-state index in [9.17, 15) is 15.2 Å². The molecule has 1 aliphatic heterocycles. The number of non-ortho nitro benzene ring substituents is 1. The highest BCUT2D eigenvalue weighted by Crippen LogP contribution is 2.35. The van der Waals surface area contributed by atoms with Crippen LogP contribution < -0.4 is 10.5 Å². The zero-order chi connectivity index (χ0) is 11.9. The second-order valence-electron chi connectivity index (χ2n) is 3.82.